The van der Waals surface area contributed by atoms with Gasteiger partial charge in [0, 0.05) is 12.6 Å². The summed E-state index contributed by atoms with van der Waals surface area (Å²) in [4.78, 5) is 14.7. The maximum Gasteiger partial charge on any atom is 0.146 e. The van der Waals surface area contributed by atoms with Crippen LogP contribution in [0.5, 0.6) is 0 Å². The zero-order valence-electron chi connectivity index (χ0n) is 13.7. The molecule has 0 N–H and O–H groups in total. The second-order valence-corrected chi connectivity index (χ2v) is 7.83. The molecule has 0 radical (unpaired) electrons. The number of benzene rings is 1. The van der Waals surface area contributed by atoms with Gasteiger partial charge in [0.15, 0.2) is 0 Å². The zero-order valence-corrected chi connectivity index (χ0v) is 14.5. The highest BCUT2D eigenvalue weighted by Crippen LogP contribution is 2.34. The Morgan fingerprint density at radius 3 is 2.74 bits per heavy atom. The molecule has 4 aromatic rings. The van der Waals surface area contributed by atoms with Gasteiger partial charge in [0.2, 0.25) is 0 Å². The number of thiazole rings is 1. The predicted octanol–water partition coefficient (Wildman–Crippen LogP) is 4.54. The normalized spacial score (nSPS) is 12.3. The molecule has 1 aromatic carbocycles. The summed E-state index contributed by atoms with van der Waals surface area (Å²) in [5.74, 6) is 0. The Morgan fingerprint density at radius 2 is 1.96 bits per heavy atom. The smallest absolute Gasteiger partial charge is 0.146 e. The fourth-order valence-electron chi connectivity index (χ4n) is 2.75. The molecule has 0 saturated carbocycles. The summed E-state index contributed by atoms with van der Waals surface area (Å²) in [5, 5.41) is 1.01. The molecule has 0 amide bonds. The number of hydrogen-bond acceptors (Lipinski definition) is 4. The average molecular weight is 322 g/mol. The molecule has 0 fully saturated rings. The van der Waals surface area contributed by atoms with Gasteiger partial charge in [-0.15, -0.1) is 0 Å². The second-order valence-electron chi connectivity index (χ2n) is 6.85. The first-order chi connectivity index (χ1) is 10.9. The van der Waals surface area contributed by atoms with Crippen LogP contribution < -0.4 is 0 Å². The number of rotatable bonds is 1. The third-order valence-corrected chi connectivity index (χ3v) is 5.09. The molecule has 3 aromatic heterocycles. The summed E-state index contributed by atoms with van der Waals surface area (Å²) in [6.07, 6.45) is 3.64. The van der Waals surface area contributed by atoms with Gasteiger partial charge < -0.3 is 4.57 Å². The largest absolute Gasteiger partial charge is 0.332 e. The van der Waals surface area contributed by atoms with Crippen LogP contribution in [0.25, 0.3) is 32.0 Å². The summed E-state index contributed by atoms with van der Waals surface area (Å²) in [7, 11) is 1.99. The van der Waals surface area contributed by atoms with Crippen molar-refractivity contribution >= 4 is 32.7 Å². The number of pyridine rings is 1. The van der Waals surface area contributed by atoms with Crippen LogP contribution in [-0.2, 0) is 12.5 Å². The van der Waals surface area contributed by atoms with Crippen molar-refractivity contribution in [2.24, 2.45) is 7.05 Å². The highest BCUT2D eigenvalue weighted by atomic mass is 32.1. The van der Waals surface area contributed by atoms with Crippen molar-refractivity contribution in [1.82, 2.24) is 19.5 Å². The minimum atomic E-state index is 0.125. The number of imidazole rings is 1. The van der Waals surface area contributed by atoms with Crippen molar-refractivity contribution in [1.29, 1.82) is 0 Å². The van der Waals surface area contributed by atoms with Crippen molar-refractivity contribution < 1.29 is 0 Å². The van der Waals surface area contributed by atoms with Gasteiger partial charge in [-0.1, -0.05) is 50.3 Å². The molecule has 116 valence electrons. The van der Waals surface area contributed by atoms with Gasteiger partial charge in [-0.05, 0) is 17.0 Å². The Hall–Kier alpha value is -2.27. The molecule has 0 aliphatic carbocycles. The third-order valence-electron chi connectivity index (χ3n) is 4.08. The van der Waals surface area contributed by atoms with E-state index >= 15 is 0 Å². The monoisotopic (exact) mass is 322 g/mol. The first kappa shape index (κ1) is 14.3. The summed E-state index contributed by atoms with van der Waals surface area (Å²) in [6.45, 7) is 6.68. The van der Waals surface area contributed by atoms with Gasteiger partial charge in [0.1, 0.15) is 20.9 Å². The van der Waals surface area contributed by atoms with Gasteiger partial charge in [0.25, 0.3) is 0 Å². The van der Waals surface area contributed by atoms with Crippen molar-refractivity contribution in [3.63, 3.8) is 0 Å². The van der Waals surface area contributed by atoms with E-state index in [-0.39, 0.29) is 5.41 Å². The van der Waals surface area contributed by atoms with Crippen molar-refractivity contribution in [3.8, 4) is 10.6 Å². The predicted molar refractivity (Wildman–Crippen MR) is 95.8 cm³/mol. The molecule has 0 atom stereocenters. The molecule has 0 saturated heterocycles. The number of fused-ring (bicyclic) bond motifs is 3. The Balaban J connectivity index is 1.93. The Morgan fingerprint density at radius 1 is 1.13 bits per heavy atom. The van der Waals surface area contributed by atoms with Gasteiger partial charge in [-0.2, -0.15) is 0 Å². The van der Waals surface area contributed by atoms with Crippen LogP contribution >= 0.6 is 11.3 Å². The number of aromatic nitrogens is 4. The van der Waals surface area contributed by atoms with Gasteiger partial charge in [-0.25, -0.2) is 15.0 Å². The molecule has 4 rings (SSSR count). The van der Waals surface area contributed by atoms with Crippen LogP contribution in [0.15, 0.2) is 36.8 Å². The maximum atomic E-state index is 4.86. The van der Waals surface area contributed by atoms with Crippen LogP contribution in [0.2, 0.25) is 0 Å². The molecule has 3 heterocycles. The van der Waals surface area contributed by atoms with E-state index in [4.69, 9.17) is 4.98 Å². The molecule has 0 bridgehead atoms. The first-order valence-corrected chi connectivity index (χ1v) is 8.42. The standard InChI is InChI=1S/C18H18N4S/c1-18(2,3)12-7-5-6-11(8-12)16-21-14-15-13(20-10-22(15)4)9-19-17(14)23-16/h5-10H,1-4H3. The highest BCUT2D eigenvalue weighted by molar-refractivity contribution is 7.21. The molecule has 4 nitrogen and oxygen atoms in total. The number of hydrogen-bond donors (Lipinski definition) is 0. The molecule has 0 unspecified atom stereocenters. The maximum absolute atomic E-state index is 4.86. The molecule has 5 heteroatoms. The topological polar surface area (TPSA) is 43.6 Å². The van der Waals surface area contributed by atoms with E-state index in [0.29, 0.717) is 0 Å². The van der Waals surface area contributed by atoms with Crippen LogP contribution in [0, 0.1) is 0 Å². The van der Waals surface area contributed by atoms with Crippen LogP contribution in [0.4, 0.5) is 0 Å². The van der Waals surface area contributed by atoms with E-state index in [0.717, 1.165) is 32.0 Å². The molecule has 0 aliphatic heterocycles. The summed E-state index contributed by atoms with van der Waals surface area (Å²) >= 11 is 1.63. The zero-order chi connectivity index (χ0) is 16.2. The molecular formula is C18H18N4S. The summed E-state index contributed by atoms with van der Waals surface area (Å²) in [6, 6.07) is 8.63. The van der Waals surface area contributed by atoms with Crippen molar-refractivity contribution in [3.05, 3.63) is 42.4 Å². The fourth-order valence-corrected chi connectivity index (χ4v) is 3.66. The molecular weight excluding hydrogens is 304 g/mol. The SMILES string of the molecule is Cn1cnc2cnc3sc(-c4cccc(C(C)(C)C)c4)nc3c21. The Labute approximate surface area is 138 Å². The Kier molecular flexibility index (Phi) is 3.03. The second kappa shape index (κ2) is 4.86. The van der Waals surface area contributed by atoms with E-state index in [1.54, 1.807) is 11.3 Å². The van der Waals surface area contributed by atoms with E-state index < -0.39 is 0 Å². The number of nitrogens with zero attached hydrogens (tertiary/aromatic N) is 4. The molecule has 23 heavy (non-hydrogen) atoms. The van der Waals surface area contributed by atoms with Crippen LogP contribution in [0.3, 0.4) is 0 Å². The van der Waals surface area contributed by atoms with Gasteiger partial charge in [0.05, 0.1) is 18.0 Å². The number of aryl methyl sites for hydroxylation is 1. The van der Waals surface area contributed by atoms with Crippen molar-refractivity contribution in [2.45, 2.75) is 26.2 Å². The Bertz CT molecular complexity index is 1020. The van der Waals surface area contributed by atoms with E-state index in [9.17, 15) is 0 Å². The summed E-state index contributed by atoms with van der Waals surface area (Å²) in [5.41, 5.74) is 5.46. The highest BCUT2D eigenvalue weighted by Gasteiger charge is 2.17. The quantitative estimate of drug-likeness (QED) is 0.516. The van der Waals surface area contributed by atoms with E-state index in [1.165, 1.54) is 5.56 Å². The lowest BCUT2D eigenvalue weighted by Crippen LogP contribution is -2.10. The fraction of sp³-hybridized carbons (Fsp3) is 0.278. The first-order valence-electron chi connectivity index (χ1n) is 7.61. The van der Waals surface area contributed by atoms with Gasteiger partial charge in [-0.3, -0.25) is 0 Å². The lowest BCUT2D eigenvalue weighted by Gasteiger charge is -2.19. The van der Waals surface area contributed by atoms with Gasteiger partial charge >= 0.3 is 0 Å². The third kappa shape index (κ3) is 2.32. The average Bonchev–Trinajstić information content (AvgIpc) is 3.10. The van der Waals surface area contributed by atoms with Crippen LogP contribution in [-0.4, -0.2) is 19.5 Å². The minimum absolute atomic E-state index is 0.125. The van der Waals surface area contributed by atoms with Crippen LogP contribution in [0.1, 0.15) is 26.3 Å². The van der Waals surface area contributed by atoms with Crippen molar-refractivity contribution in [2.75, 3.05) is 0 Å². The molecule has 0 aliphatic rings. The summed E-state index contributed by atoms with van der Waals surface area (Å²) < 4.78 is 2.01. The van der Waals surface area contributed by atoms with E-state index in [2.05, 4.69) is 55.0 Å². The minimum Gasteiger partial charge on any atom is -0.332 e. The lowest BCUT2D eigenvalue weighted by atomic mass is 9.86. The lowest BCUT2D eigenvalue weighted by molar-refractivity contribution is 0.590. The van der Waals surface area contributed by atoms with E-state index in [1.807, 2.05) is 24.1 Å². The molecule has 0 spiro atoms.